The molecule has 0 unspecified atom stereocenters. The number of rotatable bonds is 0. The first-order chi connectivity index (χ1) is 9.84. The lowest BCUT2D eigenvalue weighted by atomic mass is 10.2. The van der Waals surface area contributed by atoms with Gasteiger partial charge in [-0.15, -0.1) is 11.3 Å². The maximum absolute atomic E-state index is 3.16. The molecular weight excluding hydrogens is 260 g/mol. The molecule has 0 saturated heterocycles. The molecule has 3 aromatic carbocycles. The zero-order chi connectivity index (χ0) is 13.8. The highest BCUT2D eigenvalue weighted by Crippen LogP contribution is 2.31. The summed E-state index contributed by atoms with van der Waals surface area (Å²) in [5.74, 6) is 0. The Labute approximate surface area is 123 Å². The molecule has 4 rings (SSSR count). The smallest absolute Gasteiger partial charge is 0.0508 e. The molecule has 0 atom stereocenters. The minimum atomic E-state index is 1.20. The summed E-state index contributed by atoms with van der Waals surface area (Å²) in [4.78, 5) is 0. The van der Waals surface area contributed by atoms with Gasteiger partial charge >= 0.3 is 0 Å². The summed E-state index contributed by atoms with van der Waals surface area (Å²) >= 11 is 1.81. The fourth-order valence-electron chi connectivity index (χ4n) is 2.08. The molecule has 0 bridgehead atoms. The number of fused-ring (bicyclic) bond motifs is 3. The van der Waals surface area contributed by atoms with E-state index >= 15 is 0 Å². The highest BCUT2D eigenvalue weighted by molar-refractivity contribution is 7.25. The van der Waals surface area contributed by atoms with Gasteiger partial charge in [0.25, 0.3) is 0 Å². The topological polar surface area (TPSA) is 0 Å². The fraction of sp³-hybridized carbons (Fsp3) is 0.0526. The van der Waals surface area contributed by atoms with E-state index in [9.17, 15) is 0 Å². The minimum absolute atomic E-state index is 1.20. The van der Waals surface area contributed by atoms with Gasteiger partial charge in [0.05, 0.1) is 5.39 Å². The van der Waals surface area contributed by atoms with Crippen LogP contribution in [0.25, 0.3) is 20.2 Å². The number of aryl methyl sites for hydroxylation is 1. The molecule has 96 valence electrons. The molecule has 0 amide bonds. The van der Waals surface area contributed by atoms with Crippen molar-refractivity contribution in [1.82, 2.24) is 0 Å². The maximum Gasteiger partial charge on any atom is 0.0508 e. The Kier molecular flexibility index (Phi) is 3.67. The van der Waals surface area contributed by atoms with E-state index in [1.807, 2.05) is 35.6 Å². The summed E-state index contributed by atoms with van der Waals surface area (Å²) in [5, 5.41) is 2.49. The molecule has 0 nitrogen and oxygen atoms in total. The molecule has 0 N–H and O–H groups in total. The van der Waals surface area contributed by atoms with Gasteiger partial charge in [0.15, 0.2) is 0 Å². The van der Waals surface area contributed by atoms with Crippen LogP contribution in [-0.2, 0) is 0 Å². The average molecular weight is 274 g/mol. The van der Waals surface area contributed by atoms with Crippen LogP contribution in [0.15, 0.2) is 66.7 Å². The van der Waals surface area contributed by atoms with Gasteiger partial charge in [-0.3, -0.25) is 0 Å². The van der Waals surface area contributed by atoms with E-state index in [1.54, 1.807) is 0 Å². The Morgan fingerprint density at radius 2 is 1.55 bits per heavy atom. The van der Waals surface area contributed by atoms with Crippen molar-refractivity contribution < 1.29 is 0 Å². The summed E-state index contributed by atoms with van der Waals surface area (Å²) in [7, 11) is 0. The summed E-state index contributed by atoms with van der Waals surface area (Å²) in [6.07, 6.45) is 0. The molecule has 20 heavy (non-hydrogen) atoms. The van der Waals surface area contributed by atoms with Crippen LogP contribution < -0.4 is 0 Å². The van der Waals surface area contributed by atoms with Crippen molar-refractivity contribution in [2.24, 2.45) is 0 Å². The number of hydrogen-bond donors (Lipinski definition) is 0. The first-order valence-corrected chi connectivity index (χ1v) is 7.37. The number of thiophene rings is 1. The van der Waals surface area contributed by atoms with Crippen LogP contribution in [0.2, 0.25) is 0 Å². The molecule has 1 heterocycles. The average Bonchev–Trinajstić information content (AvgIpc) is 2.87. The lowest BCUT2D eigenvalue weighted by molar-refractivity contribution is 1.48. The van der Waals surface area contributed by atoms with E-state index in [1.165, 1.54) is 25.7 Å². The van der Waals surface area contributed by atoms with Gasteiger partial charge in [0.2, 0.25) is 0 Å². The number of hydrogen-bond acceptors (Lipinski definition) is 1. The van der Waals surface area contributed by atoms with Gasteiger partial charge in [0.1, 0.15) is 0 Å². The van der Waals surface area contributed by atoms with Crippen LogP contribution in [0.5, 0.6) is 0 Å². The first kappa shape index (κ1) is 12.7. The molecule has 1 heteroatoms. The largest absolute Gasteiger partial charge is 0.134 e. The maximum atomic E-state index is 3.16. The van der Waals surface area contributed by atoms with E-state index in [-0.39, 0.29) is 0 Å². The molecule has 0 spiro atoms. The Balaban J connectivity index is 0.000000147. The van der Waals surface area contributed by atoms with Crippen molar-refractivity contribution in [3.8, 4) is 0 Å². The second-order valence-electron chi connectivity index (χ2n) is 4.59. The third kappa shape index (κ3) is 2.66. The lowest BCUT2D eigenvalue weighted by Crippen LogP contribution is -1.62. The van der Waals surface area contributed by atoms with Gasteiger partial charge < -0.3 is 0 Å². The Morgan fingerprint density at radius 1 is 0.800 bits per heavy atom. The van der Waals surface area contributed by atoms with Crippen molar-refractivity contribution in [1.29, 1.82) is 0 Å². The molecule has 4 aromatic rings. The van der Waals surface area contributed by atoms with Crippen LogP contribution in [0.4, 0.5) is 0 Å². The zero-order valence-electron chi connectivity index (χ0n) is 11.3. The fourth-order valence-corrected chi connectivity index (χ4v) is 3.14. The van der Waals surface area contributed by atoms with Crippen LogP contribution >= 0.6 is 11.3 Å². The molecule has 0 saturated carbocycles. The molecule has 0 aliphatic rings. The minimum Gasteiger partial charge on any atom is -0.134 e. The highest BCUT2D eigenvalue weighted by atomic mass is 32.1. The second kappa shape index (κ2) is 5.77. The van der Waals surface area contributed by atoms with Crippen molar-refractivity contribution in [3.05, 3.63) is 84.4 Å². The van der Waals surface area contributed by atoms with Crippen LogP contribution in [-0.4, -0.2) is 0 Å². The summed E-state index contributed by atoms with van der Waals surface area (Å²) in [6.45, 7) is 2.08. The summed E-state index contributed by atoms with van der Waals surface area (Å²) < 4.78 is 2.62. The van der Waals surface area contributed by atoms with Gasteiger partial charge in [0, 0.05) is 14.8 Å². The zero-order valence-corrected chi connectivity index (χ0v) is 12.1. The van der Waals surface area contributed by atoms with Crippen molar-refractivity contribution in [3.63, 3.8) is 0 Å². The molecule has 0 aliphatic carbocycles. The van der Waals surface area contributed by atoms with E-state index in [4.69, 9.17) is 0 Å². The first-order valence-electron chi connectivity index (χ1n) is 6.56. The highest BCUT2D eigenvalue weighted by Gasteiger charge is 2.01. The van der Waals surface area contributed by atoms with Crippen LogP contribution in [0, 0.1) is 19.1 Å². The number of benzene rings is 2. The van der Waals surface area contributed by atoms with Crippen LogP contribution in [0.1, 0.15) is 5.56 Å². The molecule has 0 fully saturated rings. The van der Waals surface area contributed by atoms with Crippen molar-refractivity contribution in [2.45, 2.75) is 6.92 Å². The van der Waals surface area contributed by atoms with Crippen molar-refractivity contribution >= 4 is 31.5 Å². The van der Waals surface area contributed by atoms with Gasteiger partial charge in [-0.25, -0.2) is 0 Å². The Bertz CT molecular complexity index is 762. The van der Waals surface area contributed by atoms with E-state index < -0.39 is 0 Å². The predicted molar refractivity (Wildman–Crippen MR) is 88.2 cm³/mol. The molecule has 0 aliphatic heterocycles. The Morgan fingerprint density at radius 3 is 2.30 bits per heavy atom. The van der Waals surface area contributed by atoms with E-state index in [0.717, 1.165) is 0 Å². The third-order valence-electron chi connectivity index (χ3n) is 3.08. The monoisotopic (exact) mass is 274 g/mol. The van der Waals surface area contributed by atoms with Crippen LogP contribution in [0.3, 0.4) is 0 Å². The Hall–Kier alpha value is -2.30. The third-order valence-corrected chi connectivity index (χ3v) is 4.21. The van der Waals surface area contributed by atoms with Gasteiger partial charge in [-0.05, 0) is 25.1 Å². The van der Waals surface area contributed by atoms with Gasteiger partial charge in [-0.1, -0.05) is 66.2 Å². The van der Waals surface area contributed by atoms with Gasteiger partial charge in [-0.2, -0.15) is 0 Å². The predicted octanol–water partition coefficient (Wildman–Crippen LogP) is 5.65. The normalized spacial score (nSPS) is 9.85. The molecule has 0 radical (unpaired) electrons. The summed E-state index contributed by atoms with van der Waals surface area (Å²) in [5.41, 5.74) is 1.32. The SMILES string of the molecule is Cc1ccccc1.c1ccc2sc3ccccc3c2c#1. The second-order valence-corrected chi connectivity index (χ2v) is 5.68. The lowest BCUT2D eigenvalue weighted by Gasteiger charge is -1.84. The quantitative estimate of drug-likeness (QED) is 0.388. The van der Waals surface area contributed by atoms with E-state index in [0.29, 0.717) is 0 Å². The summed E-state index contributed by atoms with van der Waals surface area (Å²) in [6, 6.07) is 28.8. The molecule has 1 aromatic heterocycles. The molecular formula is C19H14S. The van der Waals surface area contributed by atoms with E-state index in [2.05, 4.69) is 61.5 Å². The van der Waals surface area contributed by atoms with Crippen molar-refractivity contribution in [2.75, 3.05) is 0 Å². The standard InChI is InChI=1S/C12H6S.C7H8/c1-3-7-11-9(5-1)10-6-2-4-8-12(10)13-11;1-7-5-3-2-4-6-7/h1,3-5,7-8H;2-6H,1H3.